The van der Waals surface area contributed by atoms with Gasteiger partial charge in [0.15, 0.2) is 0 Å². The van der Waals surface area contributed by atoms with E-state index in [1.165, 1.54) is 11.1 Å². The van der Waals surface area contributed by atoms with Gasteiger partial charge in [0, 0.05) is 5.69 Å². The third-order valence-electron chi connectivity index (χ3n) is 6.02. The summed E-state index contributed by atoms with van der Waals surface area (Å²) >= 11 is 0. The number of aryl methyl sites for hydroxylation is 1. The minimum absolute atomic E-state index is 0.332. The number of hydrogen-bond donors (Lipinski definition) is 2. The molecule has 2 N–H and O–H groups in total. The first kappa shape index (κ1) is 22.5. The van der Waals surface area contributed by atoms with Crippen molar-refractivity contribution in [3.05, 3.63) is 65.2 Å². The van der Waals surface area contributed by atoms with Crippen LogP contribution in [0.25, 0.3) is 0 Å². The highest BCUT2D eigenvalue weighted by Crippen LogP contribution is 2.29. The lowest BCUT2D eigenvalue weighted by Gasteiger charge is -2.22. The Hall–Kier alpha value is -3.15. The Morgan fingerprint density at radius 1 is 1.06 bits per heavy atom. The van der Waals surface area contributed by atoms with Crippen molar-refractivity contribution in [3.8, 4) is 0 Å². The van der Waals surface area contributed by atoms with Crippen molar-refractivity contribution in [1.82, 2.24) is 10.2 Å². The fourth-order valence-electron chi connectivity index (χ4n) is 3.80. The summed E-state index contributed by atoms with van der Waals surface area (Å²) in [5.41, 5.74) is 2.55. The number of hydrogen-bond acceptors (Lipinski definition) is 3. The van der Waals surface area contributed by atoms with E-state index in [2.05, 4.69) is 31.4 Å². The second-order valence-electron chi connectivity index (χ2n) is 8.37. The molecule has 164 valence electrons. The smallest absolute Gasteiger partial charge is 0.325 e. The summed E-state index contributed by atoms with van der Waals surface area (Å²) in [6.07, 6.45) is 3.04. The highest BCUT2D eigenvalue weighted by molar-refractivity contribution is 6.10. The molecule has 1 aliphatic rings. The van der Waals surface area contributed by atoms with Gasteiger partial charge in [-0.15, -0.1) is 0 Å². The summed E-state index contributed by atoms with van der Waals surface area (Å²) < 4.78 is 0. The zero-order valence-corrected chi connectivity index (χ0v) is 18.7. The molecule has 1 saturated heterocycles. The number of anilines is 1. The van der Waals surface area contributed by atoms with Crippen LogP contribution in [0, 0.1) is 0 Å². The molecule has 1 heterocycles. The summed E-state index contributed by atoms with van der Waals surface area (Å²) in [7, 11) is 0. The standard InChI is InChI=1S/C25H31N3O3/c1-5-7-18-8-12-20(13-9-18)25(4)23(30)28(24(31)27-25)16-22(29)26-21-14-10-19(11-15-21)17(3)6-2/h8-15,17H,5-7,16H2,1-4H3,(H,26,29)(H,27,31)/t17-,25-/m0/s1. The number of nitrogens with one attached hydrogen (secondary N) is 2. The number of amides is 4. The lowest BCUT2D eigenvalue weighted by atomic mass is 9.91. The van der Waals surface area contributed by atoms with Gasteiger partial charge >= 0.3 is 6.03 Å². The van der Waals surface area contributed by atoms with Gasteiger partial charge in [-0.05, 0) is 54.5 Å². The van der Waals surface area contributed by atoms with Crippen molar-refractivity contribution in [2.45, 2.75) is 58.4 Å². The van der Waals surface area contributed by atoms with Gasteiger partial charge in [-0.1, -0.05) is 63.6 Å². The summed E-state index contributed by atoms with van der Waals surface area (Å²) in [6, 6.07) is 14.8. The zero-order valence-electron chi connectivity index (χ0n) is 18.7. The van der Waals surface area contributed by atoms with Crippen molar-refractivity contribution in [2.24, 2.45) is 0 Å². The third kappa shape index (κ3) is 4.79. The molecular weight excluding hydrogens is 390 g/mol. The van der Waals surface area contributed by atoms with Gasteiger partial charge < -0.3 is 10.6 Å². The van der Waals surface area contributed by atoms with E-state index in [0.717, 1.165) is 24.2 Å². The van der Waals surface area contributed by atoms with Gasteiger partial charge in [0.1, 0.15) is 12.1 Å². The summed E-state index contributed by atoms with van der Waals surface area (Å²) in [5, 5.41) is 5.52. The molecule has 6 nitrogen and oxygen atoms in total. The van der Waals surface area contributed by atoms with Gasteiger partial charge in [0.2, 0.25) is 5.91 Å². The molecule has 3 rings (SSSR count). The first-order chi connectivity index (χ1) is 14.8. The van der Waals surface area contributed by atoms with Gasteiger partial charge in [0.05, 0.1) is 0 Å². The highest BCUT2D eigenvalue weighted by Gasteiger charge is 2.49. The summed E-state index contributed by atoms with van der Waals surface area (Å²) in [4.78, 5) is 39.0. The number of nitrogens with zero attached hydrogens (tertiary/aromatic N) is 1. The second kappa shape index (κ2) is 9.33. The second-order valence-corrected chi connectivity index (χ2v) is 8.37. The van der Waals surface area contributed by atoms with Gasteiger partial charge in [-0.25, -0.2) is 4.79 Å². The van der Waals surface area contributed by atoms with Crippen LogP contribution >= 0.6 is 0 Å². The van der Waals surface area contributed by atoms with Crippen LogP contribution in [0.1, 0.15) is 63.1 Å². The Kier molecular flexibility index (Phi) is 6.78. The maximum Gasteiger partial charge on any atom is 0.325 e. The average Bonchev–Trinajstić information content (AvgIpc) is 2.98. The molecule has 4 amide bonds. The van der Waals surface area contributed by atoms with Crippen molar-refractivity contribution in [1.29, 1.82) is 0 Å². The molecule has 0 unspecified atom stereocenters. The first-order valence-corrected chi connectivity index (χ1v) is 10.9. The largest absolute Gasteiger partial charge is 0.325 e. The molecule has 6 heteroatoms. The Balaban J connectivity index is 1.67. The maximum atomic E-state index is 13.1. The molecule has 1 fully saturated rings. The molecule has 0 aromatic heterocycles. The van der Waals surface area contributed by atoms with Crippen LogP contribution in [0.3, 0.4) is 0 Å². The number of carbonyl (C=O) groups excluding carboxylic acids is 3. The van der Waals surface area contributed by atoms with Crippen LogP contribution in [0.4, 0.5) is 10.5 Å². The summed E-state index contributed by atoms with van der Waals surface area (Å²) in [6.45, 7) is 7.74. The molecule has 2 aromatic carbocycles. The number of urea groups is 1. The van der Waals surface area contributed by atoms with E-state index in [-0.39, 0.29) is 6.54 Å². The van der Waals surface area contributed by atoms with Gasteiger partial charge in [-0.3, -0.25) is 14.5 Å². The zero-order chi connectivity index (χ0) is 22.6. The predicted molar refractivity (Wildman–Crippen MR) is 122 cm³/mol. The number of carbonyl (C=O) groups is 3. The Labute approximate surface area is 184 Å². The molecule has 0 aliphatic carbocycles. The van der Waals surface area contributed by atoms with Crippen molar-refractivity contribution in [2.75, 3.05) is 11.9 Å². The lowest BCUT2D eigenvalue weighted by Crippen LogP contribution is -2.42. The number of imide groups is 1. The van der Waals surface area contributed by atoms with Crippen molar-refractivity contribution >= 4 is 23.5 Å². The maximum absolute atomic E-state index is 13.1. The monoisotopic (exact) mass is 421 g/mol. The van der Waals surface area contributed by atoms with E-state index in [1.807, 2.05) is 48.5 Å². The molecular formula is C25H31N3O3. The SMILES string of the molecule is CCCc1ccc([C@]2(C)NC(=O)N(CC(=O)Nc3ccc([C@@H](C)CC)cc3)C2=O)cc1. The molecule has 0 bridgehead atoms. The van der Waals surface area contributed by atoms with Crippen molar-refractivity contribution in [3.63, 3.8) is 0 Å². The van der Waals surface area contributed by atoms with E-state index < -0.39 is 23.4 Å². The summed E-state index contributed by atoms with van der Waals surface area (Å²) in [5.74, 6) is -0.394. The molecule has 31 heavy (non-hydrogen) atoms. The van der Waals surface area contributed by atoms with Crippen LogP contribution in [0.5, 0.6) is 0 Å². The topological polar surface area (TPSA) is 78.5 Å². The van der Waals surface area contributed by atoms with E-state index in [1.54, 1.807) is 6.92 Å². The van der Waals surface area contributed by atoms with E-state index in [9.17, 15) is 14.4 Å². The fourth-order valence-corrected chi connectivity index (χ4v) is 3.80. The van der Waals surface area contributed by atoms with Crippen LogP contribution < -0.4 is 10.6 Å². The molecule has 2 atom stereocenters. The Morgan fingerprint density at radius 2 is 1.71 bits per heavy atom. The van der Waals surface area contributed by atoms with Gasteiger partial charge in [-0.2, -0.15) is 0 Å². The van der Waals surface area contributed by atoms with E-state index >= 15 is 0 Å². The van der Waals surface area contributed by atoms with Crippen LogP contribution in [-0.4, -0.2) is 29.3 Å². The fraction of sp³-hybridized carbons (Fsp3) is 0.400. The lowest BCUT2D eigenvalue weighted by molar-refractivity contribution is -0.133. The average molecular weight is 422 g/mol. The van der Waals surface area contributed by atoms with E-state index in [0.29, 0.717) is 17.2 Å². The number of benzene rings is 2. The van der Waals surface area contributed by atoms with Crippen LogP contribution in [0.15, 0.2) is 48.5 Å². The van der Waals surface area contributed by atoms with Crippen LogP contribution in [-0.2, 0) is 21.5 Å². The molecule has 0 radical (unpaired) electrons. The van der Waals surface area contributed by atoms with Crippen molar-refractivity contribution < 1.29 is 14.4 Å². The molecule has 0 spiro atoms. The third-order valence-corrected chi connectivity index (χ3v) is 6.02. The minimum atomic E-state index is -1.18. The quantitative estimate of drug-likeness (QED) is 0.614. The number of rotatable bonds is 8. The Bertz CT molecular complexity index is 953. The molecule has 0 saturated carbocycles. The minimum Gasteiger partial charge on any atom is -0.325 e. The Morgan fingerprint density at radius 3 is 2.29 bits per heavy atom. The highest BCUT2D eigenvalue weighted by atomic mass is 16.2. The van der Waals surface area contributed by atoms with Crippen LogP contribution in [0.2, 0.25) is 0 Å². The predicted octanol–water partition coefficient (Wildman–Crippen LogP) is 4.56. The van der Waals surface area contributed by atoms with Gasteiger partial charge in [0.25, 0.3) is 5.91 Å². The normalized spacial score (nSPS) is 19.3. The molecule has 2 aromatic rings. The van der Waals surface area contributed by atoms with E-state index in [4.69, 9.17) is 0 Å². The molecule has 1 aliphatic heterocycles. The first-order valence-electron chi connectivity index (χ1n) is 10.9.